The molecule has 0 amide bonds. The van der Waals surface area contributed by atoms with Crippen LogP contribution in [0.5, 0.6) is 0 Å². The second-order valence-electron chi connectivity index (χ2n) is 12.9. The molecule has 0 aliphatic heterocycles. The normalized spacial score (nSPS) is 21.6. The van der Waals surface area contributed by atoms with Crippen LogP contribution in [0.2, 0.25) is 0 Å². The van der Waals surface area contributed by atoms with Gasteiger partial charge in [0.25, 0.3) is 0 Å². The van der Waals surface area contributed by atoms with Gasteiger partial charge in [0.05, 0.1) is 16.9 Å². The lowest BCUT2D eigenvalue weighted by Crippen LogP contribution is -2.54. The Balaban J connectivity index is 1.46. The Bertz CT molecular complexity index is 1940. The molecule has 0 spiro atoms. The summed E-state index contributed by atoms with van der Waals surface area (Å²) in [5.41, 5.74) is 5.38. The van der Waals surface area contributed by atoms with Crippen LogP contribution in [0.15, 0.2) is 103 Å². The predicted molar refractivity (Wildman–Crippen MR) is 174 cm³/mol. The van der Waals surface area contributed by atoms with Gasteiger partial charge in [-0.3, -0.25) is 9.78 Å². The molecule has 2 aliphatic carbocycles. The Hall–Kier alpha value is -4.71. The Morgan fingerprint density at radius 1 is 0.886 bits per heavy atom. The maximum Gasteiger partial charge on any atom is 0.166 e. The molecule has 2 atom stereocenters. The number of hydrogen-bond donors (Lipinski definition) is 0. The molecule has 5 aromatic rings. The number of fused-ring (bicyclic) bond motifs is 4. The smallest absolute Gasteiger partial charge is 0.166 e. The summed E-state index contributed by atoms with van der Waals surface area (Å²) in [4.78, 5) is 31.1. The van der Waals surface area contributed by atoms with Gasteiger partial charge in [0, 0.05) is 63.6 Å². The van der Waals surface area contributed by atoms with Gasteiger partial charge in [-0.25, -0.2) is 14.4 Å². The molecule has 2 aromatic heterocycles. The largest absolute Gasteiger partial charge is 0.351 e. The Morgan fingerprint density at radius 2 is 1.64 bits per heavy atom. The number of hydrogen-bond acceptors (Lipinski definition) is 5. The molecule has 2 aliphatic rings. The highest BCUT2D eigenvalue weighted by Gasteiger charge is 2.56. The van der Waals surface area contributed by atoms with Crippen LogP contribution < -0.4 is 4.90 Å². The summed E-state index contributed by atoms with van der Waals surface area (Å²) in [6.07, 6.45) is 5.78. The second-order valence-corrected chi connectivity index (χ2v) is 12.9. The first-order valence-corrected chi connectivity index (χ1v) is 15.2. The van der Waals surface area contributed by atoms with E-state index >= 15 is 4.39 Å². The third-order valence-electron chi connectivity index (χ3n) is 9.83. The van der Waals surface area contributed by atoms with Crippen LogP contribution in [0, 0.1) is 17.2 Å². The van der Waals surface area contributed by atoms with Crippen LogP contribution in [-0.2, 0) is 16.6 Å². The minimum atomic E-state index is -0.610. The van der Waals surface area contributed by atoms with E-state index in [-0.39, 0.29) is 17.5 Å². The van der Waals surface area contributed by atoms with Crippen LogP contribution in [0.25, 0.3) is 33.5 Å². The van der Waals surface area contributed by atoms with E-state index in [0.29, 0.717) is 29.9 Å². The number of carbonyl (C=O) groups is 1. The summed E-state index contributed by atoms with van der Waals surface area (Å²) in [7, 11) is 1.98. The molecule has 1 saturated carbocycles. The third-order valence-corrected chi connectivity index (χ3v) is 9.83. The highest BCUT2D eigenvalue weighted by atomic mass is 19.1. The minimum Gasteiger partial charge on any atom is -0.351 e. The van der Waals surface area contributed by atoms with Gasteiger partial charge in [0.1, 0.15) is 5.82 Å². The molecule has 0 radical (unpaired) electrons. The summed E-state index contributed by atoms with van der Waals surface area (Å²) >= 11 is 0. The molecule has 0 N–H and O–H groups in total. The van der Waals surface area contributed by atoms with Crippen LogP contribution in [0.1, 0.15) is 44.9 Å². The molecule has 0 bridgehead atoms. The standard InChI is InChI=1S/C38H35FN4O/c1-37(2)32-20-19-29-33(28-14-8-9-17-30(28)39)41-36(27-15-10-18-31-26(27)16-11-21-40-31)42-34(29)38(32,3)22-24(35(37)44)23-43(4)25-12-6-5-7-13-25/h5-18,21,23,32H,19-20,22H2,1-4H3/b24-23-/t32-,38-/m1/s1. The Labute approximate surface area is 257 Å². The number of rotatable bonds is 4. The number of anilines is 1. The van der Waals surface area contributed by atoms with Crippen LogP contribution in [0.3, 0.4) is 0 Å². The molecule has 44 heavy (non-hydrogen) atoms. The molecule has 3 aromatic carbocycles. The number of pyridine rings is 1. The van der Waals surface area contributed by atoms with Crippen molar-refractivity contribution in [3.63, 3.8) is 0 Å². The monoisotopic (exact) mass is 582 g/mol. The second kappa shape index (κ2) is 10.5. The van der Waals surface area contributed by atoms with Crippen molar-refractivity contribution in [1.82, 2.24) is 15.0 Å². The molecule has 5 nitrogen and oxygen atoms in total. The van der Waals surface area contributed by atoms with Gasteiger partial charge in [0.15, 0.2) is 11.6 Å². The van der Waals surface area contributed by atoms with E-state index in [0.717, 1.165) is 45.4 Å². The van der Waals surface area contributed by atoms with E-state index in [1.807, 2.05) is 84.9 Å². The maximum atomic E-state index is 15.5. The van der Waals surface area contributed by atoms with Gasteiger partial charge in [-0.2, -0.15) is 0 Å². The van der Waals surface area contributed by atoms with E-state index in [1.54, 1.807) is 18.3 Å². The summed E-state index contributed by atoms with van der Waals surface area (Å²) in [5, 5.41) is 0.941. The maximum absolute atomic E-state index is 15.5. The zero-order chi connectivity index (χ0) is 30.6. The first-order valence-electron chi connectivity index (χ1n) is 15.2. The Morgan fingerprint density at radius 3 is 2.43 bits per heavy atom. The molecule has 0 unspecified atom stereocenters. The lowest BCUT2D eigenvalue weighted by atomic mass is 9.50. The van der Waals surface area contributed by atoms with E-state index in [1.165, 1.54) is 6.07 Å². The zero-order valence-corrected chi connectivity index (χ0v) is 25.5. The minimum absolute atomic E-state index is 0.0552. The lowest BCUT2D eigenvalue weighted by molar-refractivity contribution is -0.131. The van der Waals surface area contributed by atoms with Crippen molar-refractivity contribution in [3.8, 4) is 22.6 Å². The molecule has 220 valence electrons. The van der Waals surface area contributed by atoms with Crippen LogP contribution in [-0.4, -0.2) is 27.8 Å². The number of benzene rings is 3. The zero-order valence-electron chi connectivity index (χ0n) is 25.5. The lowest BCUT2D eigenvalue weighted by Gasteiger charge is -2.53. The highest BCUT2D eigenvalue weighted by Crippen LogP contribution is 2.57. The molecule has 1 fully saturated rings. The Kier molecular flexibility index (Phi) is 6.69. The molecular formula is C38H35FN4O. The number of nitrogens with zero attached hydrogens (tertiary/aromatic N) is 4. The molecular weight excluding hydrogens is 547 g/mol. The SMILES string of the molecule is CN(/C=C1/C[C@@]2(C)c3nc(-c4cccc5ncccc45)nc(-c4ccccc4F)c3CC[C@@H]2C(C)(C)C1=O)c1ccccc1. The van der Waals surface area contributed by atoms with Crippen molar-refractivity contribution in [2.75, 3.05) is 11.9 Å². The molecule has 2 heterocycles. The fourth-order valence-corrected chi connectivity index (χ4v) is 7.75. The molecule has 0 saturated heterocycles. The number of Topliss-reactive ketones (excluding diaryl/α,β-unsaturated/α-hetero) is 1. The van der Waals surface area contributed by atoms with E-state index in [4.69, 9.17) is 9.97 Å². The van der Waals surface area contributed by atoms with Gasteiger partial charge in [-0.05, 0) is 61.6 Å². The highest BCUT2D eigenvalue weighted by molar-refractivity contribution is 6.01. The summed E-state index contributed by atoms with van der Waals surface area (Å²) < 4.78 is 15.5. The van der Waals surface area contributed by atoms with Gasteiger partial charge in [-0.1, -0.05) is 69.3 Å². The summed E-state index contributed by atoms with van der Waals surface area (Å²) in [5.74, 6) is 0.467. The van der Waals surface area contributed by atoms with Gasteiger partial charge >= 0.3 is 0 Å². The first kappa shape index (κ1) is 28.1. The van der Waals surface area contributed by atoms with Crippen molar-refractivity contribution < 1.29 is 9.18 Å². The topological polar surface area (TPSA) is 59.0 Å². The summed E-state index contributed by atoms with van der Waals surface area (Å²) in [6, 6.07) is 26.8. The van der Waals surface area contributed by atoms with Crippen molar-refractivity contribution in [3.05, 3.63) is 120 Å². The van der Waals surface area contributed by atoms with Gasteiger partial charge in [-0.15, -0.1) is 0 Å². The average Bonchev–Trinajstić information content (AvgIpc) is 3.03. The number of para-hydroxylation sites is 1. The van der Waals surface area contributed by atoms with E-state index in [9.17, 15) is 4.79 Å². The predicted octanol–water partition coefficient (Wildman–Crippen LogP) is 8.34. The van der Waals surface area contributed by atoms with E-state index in [2.05, 4.69) is 25.8 Å². The van der Waals surface area contributed by atoms with Crippen LogP contribution >= 0.6 is 0 Å². The van der Waals surface area contributed by atoms with Crippen molar-refractivity contribution in [2.45, 2.75) is 45.4 Å². The van der Waals surface area contributed by atoms with Gasteiger partial charge in [0.2, 0.25) is 0 Å². The number of ketones is 1. The van der Waals surface area contributed by atoms with E-state index < -0.39 is 10.8 Å². The quantitative estimate of drug-likeness (QED) is 0.199. The number of aromatic nitrogens is 3. The van der Waals surface area contributed by atoms with Crippen molar-refractivity contribution in [1.29, 1.82) is 0 Å². The fraction of sp³-hybridized carbons (Fsp3) is 0.263. The fourth-order valence-electron chi connectivity index (χ4n) is 7.75. The average molecular weight is 583 g/mol. The third kappa shape index (κ3) is 4.43. The number of halogens is 1. The molecule has 7 rings (SSSR count). The van der Waals surface area contributed by atoms with Crippen molar-refractivity contribution >= 4 is 22.4 Å². The first-order chi connectivity index (χ1) is 21.2. The molecule has 6 heteroatoms. The number of allylic oxidation sites excluding steroid dienone is 1. The van der Waals surface area contributed by atoms with Crippen LogP contribution in [0.4, 0.5) is 10.1 Å². The van der Waals surface area contributed by atoms with Crippen molar-refractivity contribution in [2.24, 2.45) is 11.3 Å². The number of carbonyl (C=O) groups excluding carboxylic acids is 1. The van der Waals surface area contributed by atoms with Gasteiger partial charge < -0.3 is 4.90 Å². The summed E-state index contributed by atoms with van der Waals surface area (Å²) in [6.45, 7) is 6.40.